The van der Waals surface area contributed by atoms with Gasteiger partial charge in [0.1, 0.15) is 5.82 Å². The summed E-state index contributed by atoms with van der Waals surface area (Å²) in [4.78, 5) is 16.4. The molecule has 0 bridgehead atoms. The fraction of sp³-hybridized carbons (Fsp3) is 0.474. The van der Waals surface area contributed by atoms with Crippen molar-refractivity contribution in [3.8, 4) is 0 Å². The number of hydrogen-bond donors (Lipinski definition) is 0. The Kier molecular flexibility index (Phi) is 4.65. The van der Waals surface area contributed by atoms with E-state index in [1.54, 1.807) is 17.0 Å². The molecule has 2 saturated heterocycles. The molecule has 2 aliphatic heterocycles. The van der Waals surface area contributed by atoms with E-state index in [0.717, 1.165) is 42.4 Å². The van der Waals surface area contributed by atoms with Gasteiger partial charge in [0.25, 0.3) is 0 Å². The van der Waals surface area contributed by atoms with Gasteiger partial charge in [-0.25, -0.2) is 9.18 Å². The monoisotopic (exact) mass is 396 g/mol. The van der Waals surface area contributed by atoms with Crippen LogP contribution in [0, 0.1) is 11.2 Å². The summed E-state index contributed by atoms with van der Waals surface area (Å²) in [5, 5.41) is 3.58. The van der Waals surface area contributed by atoms with E-state index in [9.17, 15) is 22.4 Å². The molecule has 0 saturated carbocycles. The quantitative estimate of drug-likeness (QED) is 0.729. The first-order chi connectivity index (χ1) is 13.2. The van der Waals surface area contributed by atoms with Crippen LogP contribution < -0.4 is 0 Å². The molecule has 1 unspecified atom stereocenters. The van der Waals surface area contributed by atoms with E-state index in [0.29, 0.717) is 25.8 Å². The minimum atomic E-state index is -4.52. The van der Waals surface area contributed by atoms with Crippen molar-refractivity contribution in [1.82, 2.24) is 19.6 Å². The summed E-state index contributed by atoms with van der Waals surface area (Å²) in [6, 6.07) is 5.89. The second kappa shape index (κ2) is 6.88. The third kappa shape index (κ3) is 3.76. The Balaban J connectivity index is 1.37. The van der Waals surface area contributed by atoms with E-state index >= 15 is 0 Å². The Bertz CT molecular complexity index is 864. The van der Waals surface area contributed by atoms with Gasteiger partial charge in [0.15, 0.2) is 0 Å². The SMILES string of the molecule is O=C(N1CCC2(CCN(Cc3ccc(F)cc3)C2)C1)n1cc(C(F)(F)F)cn1. The number of halogens is 4. The van der Waals surface area contributed by atoms with Gasteiger partial charge in [-0.05, 0) is 37.1 Å². The molecule has 3 heterocycles. The lowest BCUT2D eigenvalue weighted by atomic mass is 9.86. The number of carbonyl (C=O) groups is 1. The fourth-order valence-electron chi connectivity index (χ4n) is 4.16. The Morgan fingerprint density at radius 3 is 2.50 bits per heavy atom. The second-order valence-corrected chi connectivity index (χ2v) is 7.71. The third-order valence-corrected chi connectivity index (χ3v) is 5.65. The number of likely N-dealkylation sites (tertiary alicyclic amines) is 2. The highest BCUT2D eigenvalue weighted by atomic mass is 19.4. The molecule has 1 aromatic heterocycles. The van der Waals surface area contributed by atoms with Gasteiger partial charge in [0.05, 0.1) is 11.8 Å². The van der Waals surface area contributed by atoms with Gasteiger partial charge >= 0.3 is 12.2 Å². The van der Waals surface area contributed by atoms with E-state index in [-0.39, 0.29) is 11.2 Å². The second-order valence-electron chi connectivity index (χ2n) is 7.71. The summed E-state index contributed by atoms with van der Waals surface area (Å²) < 4.78 is 52.0. The van der Waals surface area contributed by atoms with Gasteiger partial charge in [-0.15, -0.1) is 0 Å². The molecular weight excluding hydrogens is 376 g/mol. The van der Waals surface area contributed by atoms with Crippen LogP contribution in [0.5, 0.6) is 0 Å². The van der Waals surface area contributed by atoms with Crippen molar-refractivity contribution in [2.75, 3.05) is 26.2 Å². The number of nitrogens with zero attached hydrogens (tertiary/aromatic N) is 4. The molecule has 0 aliphatic carbocycles. The molecule has 150 valence electrons. The Morgan fingerprint density at radius 1 is 1.11 bits per heavy atom. The predicted molar refractivity (Wildman–Crippen MR) is 92.9 cm³/mol. The highest BCUT2D eigenvalue weighted by molar-refractivity contribution is 5.76. The maximum Gasteiger partial charge on any atom is 0.419 e. The zero-order valence-corrected chi connectivity index (χ0v) is 15.1. The van der Waals surface area contributed by atoms with Crippen LogP contribution in [0.4, 0.5) is 22.4 Å². The predicted octanol–water partition coefficient (Wildman–Crippen LogP) is 3.61. The van der Waals surface area contributed by atoms with Crippen LogP contribution in [0.3, 0.4) is 0 Å². The number of carbonyl (C=O) groups excluding carboxylic acids is 1. The standard InChI is InChI=1S/C19H20F4N4O/c20-16-3-1-14(2-4-16)10-25-7-5-18(12-25)6-8-26(13-18)17(28)27-11-15(9-24-27)19(21,22)23/h1-4,9,11H,5-8,10,12-13H2. The van der Waals surface area contributed by atoms with Crippen molar-refractivity contribution in [2.24, 2.45) is 5.41 Å². The first-order valence-electron chi connectivity index (χ1n) is 9.12. The lowest BCUT2D eigenvalue weighted by molar-refractivity contribution is -0.137. The molecule has 2 aliphatic rings. The number of hydrogen-bond acceptors (Lipinski definition) is 3. The summed E-state index contributed by atoms with van der Waals surface area (Å²) in [6.07, 6.45) is -1.37. The van der Waals surface area contributed by atoms with Crippen LogP contribution in [0.15, 0.2) is 36.7 Å². The minimum Gasteiger partial charge on any atom is -0.322 e. The molecule has 1 atom stereocenters. The molecule has 0 N–H and O–H groups in total. The maximum atomic E-state index is 13.0. The van der Waals surface area contributed by atoms with Crippen molar-refractivity contribution in [3.63, 3.8) is 0 Å². The van der Waals surface area contributed by atoms with Crippen molar-refractivity contribution in [2.45, 2.75) is 25.6 Å². The van der Waals surface area contributed by atoms with Crippen molar-refractivity contribution < 1.29 is 22.4 Å². The van der Waals surface area contributed by atoms with E-state index in [1.807, 2.05) is 0 Å². The topological polar surface area (TPSA) is 41.4 Å². The number of amides is 1. The van der Waals surface area contributed by atoms with Crippen molar-refractivity contribution >= 4 is 6.03 Å². The van der Waals surface area contributed by atoms with E-state index in [4.69, 9.17) is 0 Å². The van der Waals surface area contributed by atoms with Crippen molar-refractivity contribution in [1.29, 1.82) is 0 Å². The van der Waals surface area contributed by atoms with Crippen LogP contribution in [0.1, 0.15) is 24.0 Å². The molecule has 1 amide bonds. The highest BCUT2D eigenvalue weighted by Gasteiger charge is 2.45. The molecule has 9 heteroatoms. The van der Waals surface area contributed by atoms with Gasteiger partial charge in [-0.1, -0.05) is 12.1 Å². The van der Waals surface area contributed by atoms with Gasteiger partial charge < -0.3 is 4.90 Å². The summed E-state index contributed by atoms with van der Waals surface area (Å²) in [6.45, 7) is 3.40. The number of rotatable bonds is 2. The largest absolute Gasteiger partial charge is 0.419 e. The molecule has 2 fully saturated rings. The van der Waals surface area contributed by atoms with Crippen molar-refractivity contribution in [3.05, 3.63) is 53.6 Å². The van der Waals surface area contributed by atoms with Crippen LogP contribution in [-0.4, -0.2) is 51.8 Å². The zero-order valence-electron chi connectivity index (χ0n) is 15.1. The molecule has 28 heavy (non-hydrogen) atoms. The number of aromatic nitrogens is 2. The normalized spacial score (nSPS) is 23.1. The Labute approximate surface area is 159 Å². The van der Waals surface area contributed by atoms with Gasteiger partial charge in [-0.2, -0.15) is 23.0 Å². The first kappa shape index (κ1) is 18.9. The summed E-state index contributed by atoms with van der Waals surface area (Å²) >= 11 is 0. The average molecular weight is 396 g/mol. The summed E-state index contributed by atoms with van der Waals surface area (Å²) in [7, 11) is 0. The van der Waals surface area contributed by atoms with Gasteiger partial charge in [-0.3, -0.25) is 4.90 Å². The maximum absolute atomic E-state index is 13.0. The summed E-state index contributed by atoms with van der Waals surface area (Å²) in [5.41, 5.74) is 0.0529. The molecule has 4 rings (SSSR count). The zero-order chi connectivity index (χ0) is 19.9. The summed E-state index contributed by atoms with van der Waals surface area (Å²) in [5.74, 6) is -0.265. The van der Waals surface area contributed by atoms with Crippen LogP contribution in [0.25, 0.3) is 0 Å². The average Bonchev–Trinajstić information content (AvgIpc) is 3.37. The highest BCUT2D eigenvalue weighted by Crippen LogP contribution is 2.40. The minimum absolute atomic E-state index is 0.0459. The lowest BCUT2D eigenvalue weighted by Gasteiger charge is -2.24. The molecule has 5 nitrogen and oxygen atoms in total. The molecular formula is C19H20F4N4O. The Hall–Kier alpha value is -2.42. The molecule has 0 radical (unpaired) electrons. The van der Waals surface area contributed by atoms with Crippen LogP contribution >= 0.6 is 0 Å². The molecule has 1 spiro atoms. The van der Waals surface area contributed by atoms with Gasteiger partial charge in [0.2, 0.25) is 0 Å². The van der Waals surface area contributed by atoms with E-state index in [2.05, 4.69) is 10.00 Å². The molecule has 2 aromatic rings. The van der Waals surface area contributed by atoms with E-state index < -0.39 is 17.8 Å². The smallest absolute Gasteiger partial charge is 0.322 e. The Morgan fingerprint density at radius 2 is 1.82 bits per heavy atom. The number of benzene rings is 1. The van der Waals surface area contributed by atoms with E-state index in [1.165, 1.54) is 12.1 Å². The first-order valence-corrected chi connectivity index (χ1v) is 9.12. The molecule has 1 aromatic carbocycles. The third-order valence-electron chi connectivity index (χ3n) is 5.65. The van der Waals surface area contributed by atoms with Crippen LogP contribution in [0.2, 0.25) is 0 Å². The fourth-order valence-corrected chi connectivity index (χ4v) is 4.16. The van der Waals surface area contributed by atoms with Gasteiger partial charge in [0, 0.05) is 37.8 Å². The van der Waals surface area contributed by atoms with Crippen LogP contribution in [-0.2, 0) is 12.7 Å². The number of alkyl halides is 3. The lowest BCUT2D eigenvalue weighted by Crippen LogP contribution is -2.36.